The van der Waals surface area contributed by atoms with Crippen molar-refractivity contribution in [2.24, 2.45) is 0 Å². The molecule has 9 heavy (non-hydrogen) atoms. The fraction of sp³-hybridized carbons (Fsp3) is 1.00. The topological polar surface area (TPSA) is 20.2 Å². The Bertz CT molecular complexity index is 75.6. The molecule has 0 radical (unpaired) electrons. The molecule has 0 fully saturated rings. The quantitative estimate of drug-likeness (QED) is 0.574. The van der Waals surface area contributed by atoms with Gasteiger partial charge < -0.3 is 7.96 Å². The summed E-state index contributed by atoms with van der Waals surface area (Å²) in [4.78, 5) is 0. The van der Waals surface area contributed by atoms with Gasteiger partial charge in [-0.05, 0) is 13.8 Å². The minimum absolute atomic E-state index is 0. The minimum atomic E-state index is -1.30. The minimum Gasteiger partial charge on any atom is -1.00 e. The van der Waals surface area contributed by atoms with Gasteiger partial charge in [0.25, 0.3) is 0 Å². The van der Waals surface area contributed by atoms with Crippen LogP contribution in [0, 0.1) is 0 Å². The molecule has 0 amide bonds. The van der Waals surface area contributed by atoms with E-state index in [0.717, 1.165) is 0 Å². The molecule has 0 saturated heterocycles. The van der Waals surface area contributed by atoms with E-state index >= 15 is 0 Å². The molecule has 0 rings (SSSR count). The van der Waals surface area contributed by atoms with Crippen LogP contribution < -0.4 is 0 Å². The number of hydrogen-bond acceptors (Lipinski definition) is 1. The van der Waals surface area contributed by atoms with Gasteiger partial charge in [-0.15, -0.1) is 0 Å². The van der Waals surface area contributed by atoms with E-state index in [9.17, 15) is 5.11 Å². The monoisotopic (exact) mass is 158 g/mol. The summed E-state index contributed by atoms with van der Waals surface area (Å²) in [5.41, 5.74) is 0. The van der Waals surface area contributed by atoms with E-state index in [1.54, 1.807) is 0 Å². The van der Waals surface area contributed by atoms with Gasteiger partial charge in [0, 0.05) is 5.22 Å². The van der Waals surface area contributed by atoms with Gasteiger partial charge in [0.05, 0.1) is 8.07 Å². The molecule has 0 spiro atoms. The first-order valence-corrected chi connectivity index (χ1v) is 6.47. The van der Waals surface area contributed by atoms with E-state index in [2.05, 4.69) is 19.6 Å². The number of rotatable bonds is 1. The summed E-state index contributed by atoms with van der Waals surface area (Å²) >= 11 is 0. The first-order valence-electron chi connectivity index (χ1n) is 2.97. The molecule has 0 aliphatic carbocycles. The molecule has 0 aromatic carbocycles. The zero-order valence-electron chi connectivity index (χ0n) is 9.15. The smallest absolute Gasteiger partial charge is 1.00 e. The molecule has 0 saturated carbocycles. The van der Waals surface area contributed by atoms with Gasteiger partial charge in [-0.1, -0.05) is 19.6 Å². The summed E-state index contributed by atoms with van der Waals surface area (Å²) in [5, 5.41) is 8.99. The second kappa shape index (κ2) is 3.37. The Morgan fingerprint density at radius 2 is 1.33 bits per heavy atom. The molecule has 0 aromatic rings. The van der Waals surface area contributed by atoms with E-state index in [0.29, 0.717) is 0 Å². The van der Waals surface area contributed by atoms with E-state index in [4.69, 9.17) is 0 Å². The largest absolute Gasteiger partial charge is 2.00 e. The maximum Gasteiger partial charge on any atom is 2.00 e. The second-order valence-corrected chi connectivity index (χ2v) is 9.53. The van der Waals surface area contributed by atoms with E-state index in [1.807, 2.05) is 13.8 Å². The van der Waals surface area contributed by atoms with Crippen molar-refractivity contribution in [3.05, 3.63) is 0 Å². The molecule has 0 aromatic heterocycles. The first kappa shape index (κ1) is 12.6. The average molecular weight is 159 g/mol. The normalized spacial score (nSPS) is 12.7. The summed E-state index contributed by atoms with van der Waals surface area (Å²) in [6.45, 7) is 10.3. The van der Waals surface area contributed by atoms with Crippen molar-refractivity contribution in [1.29, 1.82) is 0 Å². The molecule has 0 heterocycles. The van der Waals surface area contributed by atoms with Crippen LogP contribution in [0.2, 0.25) is 19.6 Å². The maximum atomic E-state index is 9.42. The van der Waals surface area contributed by atoms with Gasteiger partial charge >= 0.3 is 23.1 Å². The molecule has 0 aliphatic rings. The molecular formula is C6H18MgOSi. The van der Waals surface area contributed by atoms with Crippen LogP contribution in [0.5, 0.6) is 0 Å². The van der Waals surface area contributed by atoms with Gasteiger partial charge in [-0.3, -0.25) is 0 Å². The fourth-order valence-corrected chi connectivity index (χ4v) is 0. The predicted molar refractivity (Wildman–Crippen MR) is 47.6 cm³/mol. The summed E-state index contributed by atoms with van der Waals surface area (Å²) in [6, 6.07) is 0. The van der Waals surface area contributed by atoms with E-state index in [-0.39, 0.29) is 25.9 Å². The van der Waals surface area contributed by atoms with Crippen molar-refractivity contribution in [3.8, 4) is 0 Å². The summed E-state index contributed by atoms with van der Waals surface area (Å²) < 4.78 is 0. The third kappa shape index (κ3) is 4.36. The van der Waals surface area contributed by atoms with Crippen LogP contribution in [0.4, 0.5) is 0 Å². The van der Waals surface area contributed by atoms with E-state index < -0.39 is 13.3 Å². The molecule has 54 valence electrons. The van der Waals surface area contributed by atoms with Crippen molar-refractivity contribution >= 4 is 31.1 Å². The first-order chi connectivity index (χ1) is 3.25. The van der Waals surface area contributed by atoms with Crippen LogP contribution in [0.25, 0.3) is 0 Å². The molecule has 0 unspecified atom stereocenters. The van der Waals surface area contributed by atoms with Gasteiger partial charge in [0.2, 0.25) is 0 Å². The molecule has 3 heteroatoms. The molecule has 0 aliphatic heterocycles. The van der Waals surface area contributed by atoms with Crippen LogP contribution in [-0.2, 0) is 0 Å². The van der Waals surface area contributed by atoms with Gasteiger partial charge in [-0.25, -0.2) is 0 Å². The van der Waals surface area contributed by atoms with E-state index in [1.165, 1.54) is 0 Å². The van der Waals surface area contributed by atoms with Crippen LogP contribution in [-0.4, -0.2) is 41.5 Å². The molecule has 0 bridgehead atoms. The van der Waals surface area contributed by atoms with Crippen LogP contribution in [0.3, 0.4) is 0 Å². The molecular weight excluding hydrogens is 140 g/mol. The van der Waals surface area contributed by atoms with Gasteiger partial charge in [-0.2, -0.15) is 0 Å². The summed E-state index contributed by atoms with van der Waals surface area (Å²) in [7, 11) is -1.30. The van der Waals surface area contributed by atoms with Crippen LogP contribution >= 0.6 is 0 Å². The Morgan fingerprint density at radius 3 is 1.33 bits per heavy atom. The summed E-state index contributed by atoms with van der Waals surface area (Å²) in [6.07, 6.45) is 0. The third-order valence-corrected chi connectivity index (χ3v) is 5.51. The van der Waals surface area contributed by atoms with Crippen molar-refractivity contribution in [3.63, 3.8) is 0 Å². The SMILES string of the molecule is CC(C)(O)[Si](C)(C)C.[H-].[H-].[Mg+2]. The molecule has 1 N–H and O–H groups in total. The molecule has 1 nitrogen and oxygen atoms in total. The van der Waals surface area contributed by atoms with Crippen LogP contribution in [0.15, 0.2) is 0 Å². The summed E-state index contributed by atoms with van der Waals surface area (Å²) in [5.74, 6) is 0. The average Bonchev–Trinajstić information content (AvgIpc) is 1.25. The fourth-order valence-electron chi connectivity index (χ4n) is 0. The zero-order valence-corrected chi connectivity index (χ0v) is 9.57. The molecule has 0 atom stereocenters. The van der Waals surface area contributed by atoms with Crippen LogP contribution in [0.1, 0.15) is 16.7 Å². The number of aliphatic hydroxyl groups is 1. The van der Waals surface area contributed by atoms with Crippen molar-refractivity contribution < 1.29 is 7.96 Å². The Balaban J connectivity index is -0.0000000817. The second-order valence-electron chi connectivity index (χ2n) is 3.81. The Hall–Kier alpha value is 0.943. The number of hydrogen-bond donors (Lipinski definition) is 1. The Labute approximate surface area is 78.0 Å². The Morgan fingerprint density at radius 1 is 1.22 bits per heavy atom. The van der Waals surface area contributed by atoms with Gasteiger partial charge in [0.15, 0.2) is 0 Å². The van der Waals surface area contributed by atoms with Crippen molar-refractivity contribution in [2.75, 3.05) is 0 Å². The standard InChI is InChI=1S/C6H16OSi.Mg.2H/c1-6(2,7)8(3,4)5;;;/h7H,1-5H3;;;/q;+2;2*-1. The zero-order chi connectivity index (χ0) is 7.00. The predicted octanol–water partition coefficient (Wildman–Crippen LogP) is 1.48. The maximum absolute atomic E-state index is 9.42. The van der Waals surface area contributed by atoms with Gasteiger partial charge in [0.1, 0.15) is 0 Å². The Kier molecular flexibility index (Phi) is 4.72. The van der Waals surface area contributed by atoms with Crippen molar-refractivity contribution in [1.82, 2.24) is 0 Å². The third-order valence-electron chi connectivity index (χ3n) is 1.84. The van der Waals surface area contributed by atoms with Crippen molar-refractivity contribution in [2.45, 2.75) is 38.7 Å².